The van der Waals surface area contributed by atoms with Gasteiger partial charge in [-0.25, -0.2) is 5.90 Å². The molecule has 2 N–H and O–H groups in total. The smallest absolute Gasteiger partial charge is 0.116 e. The molecule has 5 heteroatoms. The number of carbonyl (C=O) groups excluding carboxylic acids is 1. The zero-order valence-corrected chi connectivity index (χ0v) is 7.40. The van der Waals surface area contributed by atoms with Gasteiger partial charge in [0.05, 0.1) is 7.11 Å². The average Bonchev–Trinajstić information content (AvgIpc) is 1.92. The summed E-state index contributed by atoms with van der Waals surface area (Å²) in [5.74, 6) is 4.35. The first-order valence-electron chi connectivity index (χ1n) is 2.88. The highest BCUT2D eigenvalue weighted by atomic mass is 16.6. The number of rotatable bonds is 1. The summed E-state index contributed by atoms with van der Waals surface area (Å²) in [6, 6.07) is 0. The van der Waals surface area contributed by atoms with Crippen LogP contribution in [-0.2, 0) is 14.5 Å². The van der Waals surface area contributed by atoms with Gasteiger partial charge in [-0.05, 0) is 13.8 Å². The van der Waals surface area contributed by atoms with Crippen LogP contribution in [0.2, 0.25) is 0 Å². The summed E-state index contributed by atoms with van der Waals surface area (Å²) in [6.07, 6.45) is 2.33. The van der Waals surface area contributed by atoms with Gasteiger partial charge < -0.3 is 14.5 Å². The Labute approximate surface area is 67.1 Å². The van der Waals surface area contributed by atoms with Gasteiger partial charge in [-0.15, -0.1) is 5.16 Å². The molecule has 0 saturated heterocycles. The third-order valence-corrected chi connectivity index (χ3v) is 0.211. The van der Waals surface area contributed by atoms with E-state index in [0.29, 0.717) is 0 Å². The summed E-state index contributed by atoms with van der Waals surface area (Å²) in [5, 5.41) is 3.35. The third kappa shape index (κ3) is 402. The van der Waals surface area contributed by atoms with E-state index in [1.54, 1.807) is 13.1 Å². The number of oxime groups is 1. The van der Waals surface area contributed by atoms with Crippen molar-refractivity contribution in [2.45, 2.75) is 13.8 Å². The molecule has 11 heavy (non-hydrogen) atoms. The third-order valence-electron chi connectivity index (χ3n) is 0.211. The minimum absolute atomic E-state index is 0.750. The van der Waals surface area contributed by atoms with Crippen LogP contribution in [0.25, 0.3) is 0 Å². The largest absolute Gasteiger partial charge is 0.399 e. The summed E-state index contributed by atoms with van der Waals surface area (Å²) in [4.78, 5) is 16.8. The summed E-state index contributed by atoms with van der Waals surface area (Å²) in [6.45, 7) is 3.24. The lowest BCUT2D eigenvalue weighted by atomic mass is 10.9. The molecule has 0 fully saturated rings. The van der Waals surface area contributed by atoms with Crippen LogP contribution < -0.4 is 5.90 Å². The zero-order chi connectivity index (χ0) is 9.54. The monoisotopic (exact) mass is 164 g/mol. The van der Waals surface area contributed by atoms with Crippen molar-refractivity contribution in [2.24, 2.45) is 11.1 Å². The first-order chi connectivity index (χ1) is 5.24. The molecular weight excluding hydrogens is 148 g/mol. The van der Waals surface area contributed by atoms with Crippen LogP contribution in [0.15, 0.2) is 5.16 Å². The van der Waals surface area contributed by atoms with Gasteiger partial charge in [-0.1, -0.05) is 0 Å². The van der Waals surface area contributed by atoms with E-state index in [1.165, 1.54) is 21.1 Å². The zero-order valence-electron chi connectivity index (χ0n) is 7.40. The predicted molar refractivity (Wildman–Crippen MR) is 44.1 cm³/mol. The van der Waals surface area contributed by atoms with Crippen LogP contribution in [0.5, 0.6) is 0 Å². The Hall–Kier alpha value is -0.940. The maximum absolute atomic E-state index is 8.81. The topological polar surface area (TPSA) is 73.9 Å². The molecule has 0 amide bonds. The molecule has 0 atom stereocenters. The van der Waals surface area contributed by atoms with Crippen molar-refractivity contribution >= 4 is 12.5 Å². The van der Waals surface area contributed by atoms with Crippen molar-refractivity contribution in [1.29, 1.82) is 0 Å². The van der Waals surface area contributed by atoms with E-state index in [2.05, 4.69) is 20.7 Å². The second kappa shape index (κ2) is 35.7. The number of nitrogens with two attached hydrogens (primary N) is 1. The standard InChI is InChI=1S/C3H7NO.C2H4O.CH5NO/c1-3-4-5-2;1-2-3;1-3-2/h3H,1-2H3;2H,1H3;2H2,1H3/b4-3+;;. The SMILES string of the molecule is C/C=N/OC.CC=O.CON. The van der Waals surface area contributed by atoms with Crippen LogP contribution in [0.1, 0.15) is 13.8 Å². The second-order valence-corrected chi connectivity index (χ2v) is 1.02. The Morgan fingerprint density at radius 2 is 1.64 bits per heavy atom. The molecule has 0 unspecified atom stereocenters. The molecule has 0 aliphatic rings. The Bertz CT molecular complexity index is 76.2. The minimum atomic E-state index is 0.750. The molecule has 0 aromatic rings. The number of hydrogen-bond acceptors (Lipinski definition) is 5. The highest BCUT2D eigenvalue weighted by Crippen LogP contribution is 1.56. The Morgan fingerprint density at radius 1 is 1.36 bits per heavy atom. The van der Waals surface area contributed by atoms with Crippen LogP contribution in [0.3, 0.4) is 0 Å². The fraction of sp³-hybridized carbons (Fsp3) is 0.667. The second-order valence-electron chi connectivity index (χ2n) is 1.02. The Balaban J connectivity index is -0.0000000933. The number of aldehydes is 1. The molecule has 5 nitrogen and oxygen atoms in total. The molecule has 0 aliphatic heterocycles. The Morgan fingerprint density at radius 3 is 1.64 bits per heavy atom. The maximum Gasteiger partial charge on any atom is 0.116 e. The summed E-state index contributed by atoms with van der Waals surface area (Å²) in [5.41, 5.74) is 0. The minimum Gasteiger partial charge on any atom is -0.399 e. The van der Waals surface area contributed by atoms with Crippen LogP contribution in [-0.4, -0.2) is 26.7 Å². The first-order valence-corrected chi connectivity index (χ1v) is 2.88. The van der Waals surface area contributed by atoms with Crippen LogP contribution >= 0.6 is 0 Å². The predicted octanol–water partition coefficient (Wildman–Crippen LogP) is 0.350. The van der Waals surface area contributed by atoms with Crippen molar-refractivity contribution < 1.29 is 14.5 Å². The molecule has 0 heterocycles. The molecule has 0 rings (SSSR count). The van der Waals surface area contributed by atoms with E-state index in [9.17, 15) is 0 Å². The molecule has 0 aromatic carbocycles. The van der Waals surface area contributed by atoms with Gasteiger partial charge in [0, 0.05) is 6.21 Å². The van der Waals surface area contributed by atoms with Crippen molar-refractivity contribution in [3.8, 4) is 0 Å². The van der Waals surface area contributed by atoms with Gasteiger partial charge in [0.25, 0.3) is 0 Å². The van der Waals surface area contributed by atoms with Gasteiger partial charge in [-0.2, -0.15) is 0 Å². The molecule has 0 radical (unpaired) electrons. The molecule has 0 saturated carbocycles. The van der Waals surface area contributed by atoms with Crippen molar-refractivity contribution in [2.75, 3.05) is 14.2 Å². The number of carbonyl (C=O) groups is 1. The summed E-state index contributed by atoms with van der Waals surface area (Å²) in [7, 11) is 2.92. The highest BCUT2D eigenvalue weighted by molar-refractivity contribution is 5.52. The molecule has 0 aromatic heterocycles. The van der Waals surface area contributed by atoms with E-state index in [4.69, 9.17) is 4.79 Å². The number of hydrogen-bond donors (Lipinski definition) is 1. The van der Waals surface area contributed by atoms with E-state index in [1.807, 2.05) is 0 Å². The fourth-order valence-corrected chi connectivity index (χ4v) is 0.105. The van der Waals surface area contributed by atoms with Crippen LogP contribution in [0, 0.1) is 0 Å². The summed E-state index contributed by atoms with van der Waals surface area (Å²) >= 11 is 0. The molecule has 0 bridgehead atoms. The lowest BCUT2D eigenvalue weighted by Gasteiger charge is -1.75. The average molecular weight is 164 g/mol. The van der Waals surface area contributed by atoms with Gasteiger partial charge in [0.2, 0.25) is 0 Å². The molecule has 68 valence electrons. The van der Waals surface area contributed by atoms with Crippen molar-refractivity contribution in [1.82, 2.24) is 0 Å². The van der Waals surface area contributed by atoms with E-state index in [-0.39, 0.29) is 0 Å². The maximum atomic E-state index is 8.81. The first kappa shape index (κ1) is 16.6. The van der Waals surface area contributed by atoms with E-state index >= 15 is 0 Å². The van der Waals surface area contributed by atoms with Crippen molar-refractivity contribution in [3.63, 3.8) is 0 Å². The van der Waals surface area contributed by atoms with Gasteiger partial charge in [-0.3, -0.25) is 0 Å². The van der Waals surface area contributed by atoms with E-state index < -0.39 is 0 Å². The van der Waals surface area contributed by atoms with Gasteiger partial charge in [0.1, 0.15) is 13.4 Å². The fourth-order valence-electron chi connectivity index (χ4n) is 0.105. The molecular formula is C6H16N2O3. The Kier molecular flexibility index (Phi) is 53.8. The highest BCUT2D eigenvalue weighted by Gasteiger charge is 1.46. The number of nitrogens with zero attached hydrogens (tertiary/aromatic N) is 1. The van der Waals surface area contributed by atoms with Crippen LogP contribution in [0.4, 0.5) is 0 Å². The van der Waals surface area contributed by atoms with Gasteiger partial charge >= 0.3 is 0 Å². The lowest BCUT2D eigenvalue weighted by molar-refractivity contribution is -0.106. The molecule has 0 aliphatic carbocycles. The van der Waals surface area contributed by atoms with Crippen molar-refractivity contribution in [3.05, 3.63) is 0 Å². The quantitative estimate of drug-likeness (QED) is 0.345. The van der Waals surface area contributed by atoms with E-state index in [0.717, 1.165) is 6.29 Å². The lowest BCUT2D eigenvalue weighted by Crippen LogP contribution is -1.86. The van der Waals surface area contributed by atoms with Gasteiger partial charge in [0.15, 0.2) is 0 Å². The summed E-state index contributed by atoms with van der Waals surface area (Å²) < 4.78 is 0. The molecule has 0 spiro atoms. The normalized spacial score (nSPS) is 7.00.